The molecule has 1 saturated heterocycles. The van der Waals surface area contributed by atoms with E-state index in [2.05, 4.69) is 5.10 Å². The highest BCUT2D eigenvalue weighted by atomic mass is 16.5. The molecule has 4 heteroatoms. The van der Waals surface area contributed by atoms with Gasteiger partial charge in [0, 0.05) is 18.8 Å². The molecule has 1 aliphatic heterocycles. The first-order valence-corrected chi connectivity index (χ1v) is 6.33. The highest BCUT2D eigenvalue weighted by molar-refractivity contribution is 5.77. The van der Waals surface area contributed by atoms with Gasteiger partial charge >= 0.3 is 0 Å². The predicted molar refractivity (Wildman–Crippen MR) is 65.3 cm³/mol. The second-order valence-electron chi connectivity index (χ2n) is 4.70. The fourth-order valence-electron chi connectivity index (χ4n) is 2.44. The molecule has 0 bridgehead atoms. The molecule has 0 saturated carbocycles. The van der Waals surface area contributed by atoms with Gasteiger partial charge in [0.25, 0.3) is 0 Å². The Morgan fingerprint density at radius 1 is 1.53 bits per heavy atom. The number of hydrogen-bond acceptors (Lipinski definition) is 3. The number of nitrogens with zero attached hydrogens (tertiary/aromatic N) is 2. The third kappa shape index (κ3) is 2.75. The van der Waals surface area contributed by atoms with Crippen molar-refractivity contribution in [3.63, 3.8) is 0 Å². The van der Waals surface area contributed by atoms with Gasteiger partial charge < -0.3 is 4.74 Å². The first-order chi connectivity index (χ1) is 8.22. The van der Waals surface area contributed by atoms with Crippen LogP contribution < -0.4 is 0 Å². The summed E-state index contributed by atoms with van der Waals surface area (Å²) in [7, 11) is 0. The molecule has 0 aliphatic carbocycles. The Kier molecular flexibility index (Phi) is 3.94. The first kappa shape index (κ1) is 12.3. The molecule has 0 spiro atoms. The van der Waals surface area contributed by atoms with Crippen LogP contribution in [0.3, 0.4) is 0 Å². The maximum absolute atomic E-state index is 10.9. The highest BCUT2D eigenvalue weighted by Gasteiger charge is 2.15. The van der Waals surface area contributed by atoms with Crippen LogP contribution in [0.5, 0.6) is 0 Å². The molecule has 0 N–H and O–H groups in total. The van der Waals surface area contributed by atoms with E-state index in [1.54, 1.807) is 0 Å². The van der Waals surface area contributed by atoms with Crippen molar-refractivity contribution in [2.75, 3.05) is 6.61 Å². The van der Waals surface area contributed by atoms with Crippen molar-refractivity contribution < 1.29 is 9.53 Å². The van der Waals surface area contributed by atoms with Crippen molar-refractivity contribution in [2.24, 2.45) is 0 Å². The van der Waals surface area contributed by atoms with E-state index in [0.717, 1.165) is 49.2 Å². The lowest BCUT2D eigenvalue weighted by atomic mass is 10.1. The summed E-state index contributed by atoms with van der Waals surface area (Å²) < 4.78 is 7.52. The molecule has 94 valence electrons. The molecule has 1 fully saturated rings. The molecular weight excluding hydrogens is 216 g/mol. The number of aromatic nitrogens is 2. The molecule has 2 rings (SSSR count). The fraction of sp³-hybridized carbons (Fsp3) is 0.692. The Labute approximate surface area is 102 Å². The van der Waals surface area contributed by atoms with Crippen molar-refractivity contribution >= 4 is 6.29 Å². The average molecular weight is 236 g/mol. The van der Waals surface area contributed by atoms with E-state index < -0.39 is 0 Å². The van der Waals surface area contributed by atoms with E-state index in [9.17, 15) is 4.79 Å². The minimum Gasteiger partial charge on any atom is -0.378 e. The zero-order valence-corrected chi connectivity index (χ0v) is 10.6. The van der Waals surface area contributed by atoms with Gasteiger partial charge in [-0.05, 0) is 39.5 Å². The zero-order chi connectivity index (χ0) is 12.3. The Morgan fingerprint density at radius 3 is 2.94 bits per heavy atom. The first-order valence-electron chi connectivity index (χ1n) is 6.33. The summed E-state index contributed by atoms with van der Waals surface area (Å²) in [5.41, 5.74) is 2.54. The van der Waals surface area contributed by atoms with Gasteiger partial charge in [-0.1, -0.05) is 0 Å². The maximum Gasteiger partial charge on any atom is 0.153 e. The molecule has 1 atom stereocenters. The van der Waals surface area contributed by atoms with E-state index in [1.807, 2.05) is 18.5 Å². The molecule has 1 unspecified atom stereocenters. The van der Waals surface area contributed by atoms with E-state index >= 15 is 0 Å². The molecule has 17 heavy (non-hydrogen) atoms. The van der Waals surface area contributed by atoms with E-state index in [0.29, 0.717) is 6.10 Å². The molecule has 0 radical (unpaired) electrons. The normalized spacial score (nSPS) is 19.8. The number of carbonyl (C=O) groups excluding carboxylic acids is 1. The number of aldehydes is 1. The lowest BCUT2D eigenvalue weighted by molar-refractivity contribution is 0.101. The lowest BCUT2D eigenvalue weighted by Crippen LogP contribution is -2.09. The van der Waals surface area contributed by atoms with Crippen LogP contribution in [0.25, 0.3) is 0 Å². The number of rotatable bonds is 5. The molecule has 2 heterocycles. The minimum atomic E-state index is 0.442. The quantitative estimate of drug-likeness (QED) is 0.737. The standard InChI is InChI=1S/C13H20N2O2/c1-10-13(9-16)11(2)15(14-10)7-3-5-12-6-4-8-17-12/h9,12H,3-8H2,1-2H3. The SMILES string of the molecule is Cc1nn(CCCC2CCCO2)c(C)c1C=O. The third-order valence-electron chi connectivity index (χ3n) is 3.48. The van der Waals surface area contributed by atoms with E-state index in [4.69, 9.17) is 4.74 Å². The Balaban J connectivity index is 1.88. The highest BCUT2D eigenvalue weighted by Crippen LogP contribution is 2.18. The van der Waals surface area contributed by atoms with Crippen molar-refractivity contribution in [1.82, 2.24) is 9.78 Å². The summed E-state index contributed by atoms with van der Waals surface area (Å²) in [5.74, 6) is 0. The molecule has 0 amide bonds. The van der Waals surface area contributed by atoms with Gasteiger partial charge in [-0.25, -0.2) is 0 Å². The molecular formula is C13H20N2O2. The van der Waals surface area contributed by atoms with Crippen LogP contribution in [-0.2, 0) is 11.3 Å². The average Bonchev–Trinajstić information content (AvgIpc) is 2.89. The van der Waals surface area contributed by atoms with Gasteiger partial charge in [0.1, 0.15) is 0 Å². The van der Waals surface area contributed by atoms with E-state index in [-0.39, 0.29) is 0 Å². The van der Waals surface area contributed by atoms with Crippen LogP contribution in [0.1, 0.15) is 47.4 Å². The largest absolute Gasteiger partial charge is 0.378 e. The van der Waals surface area contributed by atoms with Crippen molar-refractivity contribution in [1.29, 1.82) is 0 Å². The lowest BCUT2D eigenvalue weighted by Gasteiger charge is -2.09. The molecule has 1 aromatic rings. The fourth-order valence-corrected chi connectivity index (χ4v) is 2.44. The summed E-state index contributed by atoms with van der Waals surface area (Å²) in [6.07, 6.45) is 5.88. The molecule has 4 nitrogen and oxygen atoms in total. The summed E-state index contributed by atoms with van der Waals surface area (Å²) in [6, 6.07) is 0. The number of hydrogen-bond donors (Lipinski definition) is 0. The van der Waals surface area contributed by atoms with Gasteiger partial charge in [-0.3, -0.25) is 9.48 Å². The van der Waals surface area contributed by atoms with Gasteiger partial charge in [0.15, 0.2) is 6.29 Å². The molecule has 0 aromatic carbocycles. The molecule has 1 aromatic heterocycles. The number of ether oxygens (including phenoxy) is 1. The van der Waals surface area contributed by atoms with Gasteiger partial charge in [0.05, 0.1) is 17.4 Å². The summed E-state index contributed by atoms with van der Waals surface area (Å²) in [5, 5.41) is 4.39. The second-order valence-corrected chi connectivity index (χ2v) is 4.70. The summed E-state index contributed by atoms with van der Waals surface area (Å²) in [6.45, 7) is 5.63. The molecule has 1 aliphatic rings. The van der Waals surface area contributed by atoms with Crippen LogP contribution in [0.2, 0.25) is 0 Å². The topological polar surface area (TPSA) is 44.1 Å². The maximum atomic E-state index is 10.9. The smallest absolute Gasteiger partial charge is 0.153 e. The van der Waals surface area contributed by atoms with Crippen LogP contribution >= 0.6 is 0 Å². The second kappa shape index (κ2) is 5.45. The van der Waals surface area contributed by atoms with Crippen LogP contribution in [0.4, 0.5) is 0 Å². The van der Waals surface area contributed by atoms with Gasteiger partial charge in [-0.2, -0.15) is 5.10 Å². The Bertz CT molecular complexity index is 392. The minimum absolute atomic E-state index is 0.442. The number of aryl methyl sites for hydroxylation is 2. The van der Waals surface area contributed by atoms with Gasteiger partial charge in [-0.15, -0.1) is 0 Å². The van der Waals surface area contributed by atoms with Crippen LogP contribution in [-0.4, -0.2) is 28.8 Å². The van der Waals surface area contributed by atoms with Crippen LogP contribution in [0.15, 0.2) is 0 Å². The summed E-state index contributed by atoms with van der Waals surface area (Å²) >= 11 is 0. The van der Waals surface area contributed by atoms with Gasteiger partial charge in [0.2, 0.25) is 0 Å². The predicted octanol–water partition coefficient (Wildman–Crippen LogP) is 2.27. The summed E-state index contributed by atoms with van der Waals surface area (Å²) in [4.78, 5) is 10.9. The van der Waals surface area contributed by atoms with Crippen molar-refractivity contribution in [3.05, 3.63) is 17.0 Å². The Hall–Kier alpha value is -1.16. The van der Waals surface area contributed by atoms with Crippen LogP contribution in [0, 0.1) is 13.8 Å². The monoisotopic (exact) mass is 236 g/mol. The van der Waals surface area contributed by atoms with E-state index in [1.165, 1.54) is 12.8 Å². The third-order valence-corrected chi connectivity index (χ3v) is 3.48. The Morgan fingerprint density at radius 2 is 2.35 bits per heavy atom. The van der Waals surface area contributed by atoms with Crippen molar-refractivity contribution in [2.45, 2.75) is 52.2 Å². The van der Waals surface area contributed by atoms with Crippen molar-refractivity contribution in [3.8, 4) is 0 Å². The zero-order valence-electron chi connectivity index (χ0n) is 10.6. The number of carbonyl (C=O) groups is 1.